The number of anilines is 1. The number of nitrogens with zero attached hydrogens (tertiary/aromatic N) is 2. The molecular weight excluding hydrogens is 702 g/mol. The number of para-hydroxylation sites is 1. The van der Waals surface area contributed by atoms with Crippen LogP contribution in [0.1, 0.15) is 40.2 Å². The number of imide groups is 2. The summed E-state index contributed by atoms with van der Waals surface area (Å²) in [6, 6.07) is 18.7. The smallest absolute Gasteiger partial charge is 0.254 e. The van der Waals surface area contributed by atoms with E-state index in [0.29, 0.717) is 16.7 Å². The van der Waals surface area contributed by atoms with Crippen LogP contribution >= 0.6 is 39.1 Å². The molecule has 7 rings (SSSR count). The third-order valence-corrected chi connectivity index (χ3v) is 11.7. The van der Waals surface area contributed by atoms with Crippen molar-refractivity contribution in [1.82, 2.24) is 4.90 Å². The van der Waals surface area contributed by atoms with Gasteiger partial charge in [0.05, 0.1) is 23.0 Å². The number of amides is 4. The Bertz CT molecular complexity index is 1890. The number of aromatic hydroxyl groups is 1. The minimum absolute atomic E-state index is 0.0562. The van der Waals surface area contributed by atoms with E-state index >= 15 is 0 Å². The molecule has 0 spiro atoms. The van der Waals surface area contributed by atoms with E-state index in [0.717, 1.165) is 15.9 Å². The topological polar surface area (TPSA) is 112 Å². The Balaban J connectivity index is 1.29. The van der Waals surface area contributed by atoms with Crippen molar-refractivity contribution in [2.24, 2.45) is 17.8 Å². The van der Waals surface area contributed by atoms with Gasteiger partial charge in [-0.2, -0.15) is 0 Å². The number of hydrogen-bond acceptors (Lipinski definition) is 6. The first-order valence-electron chi connectivity index (χ1n) is 14.5. The van der Waals surface area contributed by atoms with Crippen molar-refractivity contribution >= 4 is 74.2 Å². The minimum atomic E-state index is -2.16. The first kappa shape index (κ1) is 30.8. The number of phenolic OH excluding ortho intramolecular Hbond substituents is 1. The maximum Gasteiger partial charge on any atom is 0.254 e. The Labute approximate surface area is 280 Å². The van der Waals surface area contributed by atoms with E-state index in [-0.39, 0.29) is 35.3 Å². The maximum atomic E-state index is 14.7. The Kier molecular flexibility index (Phi) is 7.26. The van der Waals surface area contributed by atoms with Gasteiger partial charge < -0.3 is 5.11 Å². The molecule has 0 bridgehead atoms. The molecule has 46 heavy (non-hydrogen) atoms. The van der Waals surface area contributed by atoms with Gasteiger partial charge in [-0.15, -0.1) is 23.2 Å². The second-order valence-electron chi connectivity index (χ2n) is 11.9. The Morgan fingerprint density at radius 2 is 1.57 bits per heavy atom. The quantitative estimate of drug-likeness (QED) is 0.119. The normalized spacial score (nSPS) is 30.2. The van der Waals surface area contributed by atoms with Crippen LogP contribution in [0.3, 0.4) is 0 Å². The molecule has 3 aromatic rings. The summed E-state index contributed by atoms with van der Waals surface area (Å²) in [5.41, 5.74) is 1.31. The Hall–Kier alpha value is -3.86. The van der Waals surface area contributed by atoms with Crippen molar-refractivity contribution in [2.45, 2.75) is 28.5 Å². The highest BCUT2D eigenvalue weighted by Crippen LogP contribution is 2.66. The van der Waals surface area contributed by atoms with E-state index in [1.807, 2.05) is 0 Å². The molecule has 4 aliphatic rings. The lowest BCUT2D eigenvalue weighted by molar-refractivity contribution is -0.138. The highest BCUT2D eigenvalue weighted by atomic mass is 79.9. The van der Waals surface area contributed by atoms with Crippen LogP contribution < -0.4 is 4.90 Å². The zero-order valence-corrected chi connectivity index (χ0v) is 26.9. The molecule has 1 N–H and O–H groups in total. The lowest BCUT2D eigenvalue weighted by Gasteiger charge is -2.50. The van der Waals surface area contributed by atoms with Crippen LogP contribution in [-0.2, 0) is 19.2 Å². The minimum Gasteiger partial charge on any atom is -0.505 e. The van der Waals surface area contributed by atoms with Gasteiger partial charge in [-0.1, -0.05) is 70.0 Å². The van der Waals surface area contributed by atoms with E-state index in [9.17, 15) is 33.5 Å². The van der Waals surface area contributed by atoms with Crippen molar-refractivity contribution in [2.75, 3.05) is 10.4 Å². The summed E-state index contributed by atoms with van der Waals surface area (Å²) in [6.45, 7) is 0. The van der Waals surface area contributed by atoms with Gasteiger partial charge in [-0.25, -0.2) is 4.39 Å². The molecule has 0 radical (unpaired) electrons. The summed E-state index contributed by atoms with van der Waals surface area (Å²) in [6.07, 6.45) is 1.55. The van der Waals surface area contributed by atoms with Gasteiger partial charge in [-0.05, 0) is 49.1 Å². The summed E-state index contributed by atoms with van der Waals surface area (Å²) in [5.74, 6) is -8.46. The number of halogens is 4. The van der Waals surface area contributed by atoms with Crippen LogP contribution in [-0.4, -0.2) is 54.6 Å². The molecule has 2 aliphatic heterocycles. The van der Waals surface area contributed by atoms with Crippen molar-refractivity contribution in [3.63, 3.8) is 0 Å². The number of fused-ring (bicyclic) bond motifs is 4. The van der Waals surface area contributed by atoms with Gasteiger partial charge in [0, 0.05) is 22.6 Å². The summed E-state index contributed by atoms with van der Waals surface area (Å²) >= 11 is 17.4. The maximum absolute atomic E-state index is 14.7. The van der Waals surface area contributed by atoms with Gasteiger partial charge >= 0.3 is 0 Å². The Morgan fingerprint density at radius 3 is 2.24 bits per heavy atom. The SMILES string of the molecule is O=C(c1ccccc1)c1ccc(N2C(=O)C3CC=C4C(CC5(Cl)C(=O)N(CBr)C(=O)C5(Cl)C4c4cccc(F)c4O)C3C2=O)cc1. The molecule has 6 unspecified atom stereocenters. The fraction of sp³-hybridized carbons (Fsp3) is 0.265. The highest BCUT2D eigenvalue weighted by Gasteiger charge is 2.76. The first-order valence-corrected chi connectivity index (χ1v) is 16.4. The summed E-state index contributed by atoms with van der Waals surface area (Å²) < 4.78 is 14.7. The summed E-state index contributed by atoms with van der Waals surface area (Å²) in [7, 11) is 0. The Morgan fingerprint density at radius 1 is 0.891 bits per heavy atom. The van der Waals surface area contributed by atoms with Crippen molar-refractivity contribution < 1.29 is 33.5 Å². The predicted octanol–water partition coefficient (Wildman–Crippen LogP) is 5.68. The largest absolute Gasteiger partial charge is 0.505 e. The lowest BCUT2D eigenvalue weighted by Crippen LogP contribution is -2.60. The van der Waals surface area contributed by atoms with Gasteiger partial charge in [0.2, 0.25) is 11.8 Å². The molecule has 6 atom stereocenters. The number of phenols is 1. The number of ketones is 1. The molecule has 3 aromatic carbocycles. The van der Waals surface area contributed by atoms with E-state index in [4.69, 9.17) is 23.2 Å². The highest BCUT2D eigenvalue weighted by molar-refractivity contribution is 9.09. The van der Waals surface area contributed by atoms with Crippen molar-refractivity contribution in [1.29, 1.82) is 0 Å². The van der Waals surface area contributed by atoms with Crippen LogP contribution in [0.5, 0.6) is 5.75 Å². The second-order valence-corrected chi connectivity index (χ2v) is 13.7. The number of carbonyl (C=O) groups is 5. The number of allylic oxidation sites excluding steroid dienone is 2. The summed E-state index contributed by atoms with van der Waals surface area (Å²) in [5, 5.41) is 10.9. The van der Waals surface area contributed by atoms with Gasteiger partial charge in [-0.3, -0.25) is 33.8 Å². The second kappa shape index (κ2) is 10.9. The molecule has 2 heterocycles. The van der Waals surface area contributed by atoms with E-state index < -0.39 is 68.6 Å². The zero-order chi connectivity index (χ0) is 32.7. The number of rotatable bonds is 5. The van der Waals surface area contributed by atoms with E-state index in [2.05, 4.69) is 15.9 Å². The van der Waals surface area contributed by atoms with Crippen molar-refractivity contribution in [3.8, 4) is 5.75 Å². The molecule has 234 valence electrons. The molecule has 0 aromatic heterocycles. The first-order chi connectivity index (χ1) is 22.0. The monoisotopic (exact) mass is 724 g/mol. The van der Waals surface area contributed by atoms with Crippen LogP contribution in [0.2, 0.25) is 0 Å². The van der Waals surface area contributed by atoms with Gasteiger partial charge in [0.1, 0.15) is 0 Å². The average Bonchev–Trinajstić information content (AvgIpc) is 3.40. The van der Waals surface area contributed by atoms with Gasteiger partial charge in [0.25, 0.3) is 11.8 Å². The standard InChI is InChI=1S/C34H24BrCl2FN2O6/c35-16-39-31(45)33(36)15-23-20(26(34(33,37)32(39)46)22-7-4-8-24(38)28(22)42)13-14-21-25(23)30(44)40(29(21)43)19-11-9-18(10-12-19)27(41)17-5-2-1-3-6-17/h1-13,21,23,25-26,42H,14-16H2. The third-order valence-electron chi connectivity index (χ3n) is 9.77. The number of alkyl halides is 3. The average molecular weight is 726 g/mol. The van der Waals surface area contributed by atoms with Crippen LogP contribution in [0.4, 0.5) is 10.1 Å². The molecule has 12 heteroatoms. The zero-order valence-electron chi connectivity index (χ0n) is 23.8. The molecule has 1 saturated carbocycles. The predicted molar refractivity (Wildman–Crippen MR) is 170 cm³/mol. The van der Waals surface area contributed by atoms with Crippen molar-refractivity contribution in [3.05, 3.63) is 107 Å². The number of carbonyl (C=O) groups excluding carboxylic acids is 5. The number of hydrogen-bond donors (Lipinski definition) is 1. The van der Waals surface area contributed by atoms with E-state index in [1.165, 1.54) is 24.3 Å². The number of benzene rings is 3. The van der Waals surface area contributed by atoms with Crippen LogP contribution in [0.25, 0.3) is 0 Å². The molecule has 2 saturated heterocycles. The number of likely N-dealkylation sites (tertiary alicyclic amines) is 1. The molecule has 2 aliphatic carbocycles. The van der Waals surface area contributed by atoms with E-state index in [1.54, 1.807) is 48.5 Å². The molecule has 8 nitrogen and oxygen atoms in total. The van der Waals surface area contributed by atoms with Gasteiger partial charge in [0.15, 0.2) is 27.1 Å². The molecule has 4 amide bonds. The third kappa shape index (κ3) is 4.06. The fourth-order valence-corrected chi connectivity index (χ4v) is 9.05. The summed E-state index contributed by atoms with van der Waals surface area (Å²) in [4.78, 5) is 66.2. The molecule has 3 fully saturated rings. The lowest BCUT2D eigenvalue weighted by atomic mass is 9.56. The fourth-order valence-electron chi connectivity index (χ4n) is 7.64. The molecular formula is C34H24BrCl2FN2O6. The van der Waals surface area contributed by atoms with Crippen LogP contribution in [0, 0.1) is 23.6 Å². The van der Waals surface area contributed by atoms with Crippen LogP contribution in [0.15, 0.2) is 84.4 Å².